The number of halogens is 1. The zero-order chi connectivity index (χ0) is 11.8. The Hall–Kier alpha value is -1.80. The summed E-state index contributed by atoms with van der Waals surface area (Å²) in [6, 6.07) is 13.8. The van der Waals surface area contributed by atoms with Gasteiger partial charge in [0.2, 0.25) is 0 Å². The van der Waals surface area contributed by atoms with Crippen LogP contribution in [0.2, 0.25) is 5.02 Å². The predicted octanol–water partition coefficient (Wildman–Crippen LogP) is 4.19. The quantitative estimate of drug-likeness (QED) is 0.681. The van der Waals surface area contributed by atoms with E-state index in [1.165, 1.54) is 5.56 Å². The first-order chi connectivity index (χ1) is 8.24. The van der Waals surface area contributed by atoms with Crippen LogP contribution in [0.4, 0.5) is 0 Å². The molecule has 0 saturated heterocycles. The first kappa shape index (κ1) is 10.4. The van der Waals surface area contributed by atoms with Crippen molar-refractivity contribution < 1.29 is 0 Å². The Balaban J connectivity index is 2.18. The second-order valence-electron chi connectivity index (χ2n) is 4.06. The molecule has 0 spiro atoms. The van der Waals surface area contributed by atoms with Crippen LogP contribution < -0.4 is 0 Å². The third-order valence-electron chi connectivity index (χ3n) is 2.83. The molecule has 3 rings (SSSR count). The van der Waals surface area contributed by atoms with Crippen molar-refractivity contribution in [3.8, 4) is 11.4 Å². The van der Waals surface area contributed by atoms with E-state index >= 15 is 0 Å². The molecule has 0 bridgehead atoms. The van der Waals surface area contributed by atoms with Crippen LogP contribution in [0.25, 0.3) is 22.4 Å². The van der Waals surface area contributed by atoms with Gasteiger partial charge < -0.3 is 4.98 Å². The lowest BCUT2D eigenvalue weighted by Crippen LogP contribution is -1.79. The lowest BCUT2D eigenvalue weighted by atomic mass is 10.2. The number of nitrogens with one attached hydrogen (secondary N) is 1. The van der Waals surface area contributed by atoms with E-state index in [-0.39, 0.29) is 0 Å². The van der Waals surface area contributed by atoms with Gasteiger partial charge in [0.25, 0.3) is 0 Å². The Morgan fingerprint density at radius 3 is 2.53 bits per heavy atom. The Bertz CT molecular complexity index is 668. The van der Waals surface area contributed by atoms with Gasteiger partial charge in [0, 0.05) is 10.6 Å². The molecule has 1 heterocycles. The molecule has 0 aliphatic carbocycles. The fourth-order valence-electron chi connectivity index (χ4n) is 1.92. The van der Waals surface area contributed by atoms with Crippen molar-refractivity contribution in [1.82, 2.24) is 9.97 Å². The predicted molar refractivity (Wildman–Crippen MR) is 71.3 cm³/mol. The van der Waals surface area contributed by atoms with Gasteiger partial charge in [-0.15, -0.1) is 0 Å². The number of para-hydroxylation sites is 1. The normalized spacial score (nSPS) is 10.9. The lowest BCUT2D eigenvalue weighted by molar-refractivity contribution is 1.33. The minimum atomic E-state index is 0.737. The van der Waals surface area contributed by atoms with E-state index in [0.29, 0.717) is 0 Å². The summed E-state index contributed by atoms with van der Waals surface area (Å²) in [7, 11) is 0. The molecule has 0 saturated carbocycles. The van der Waals surface area contributed by atoms with Crippen molar-refractivity contribution in [1.29, 1.82) is 0 Å². The van der Waals surface area contributed by atoms with Gasteiger partial charge in [0.1, 0.15) is 5.82 Å². The van der Waals surface area contributed by atoms with Crippen LogP contribution in [0.1, 0.15) is 5.56 Å². The number of aryl methyl sites for hydroxylation is 1. The number of imidazole rings is 1. The highest BCUT2D eigenvalue weighted by molar-refractivity contribution is 6.30. The molecule has 0 unspecified atom stereocenters. The van der Waals surface area contributed by atoms with E-state index in [4.69, 9.17) is 11.6 Å². The van der Waals surface area contributed by atoms with E-state index in [9.17, 15) is 0 Å². The van der Waals surface area contributed by atoms with Gasteiger partial charge in [-0.2, -0.15) is 0 Å². The third-order valence-corrected chi connectivity index (χ3v) is 3.08. The van der Waals surface area contributed by atoms with Crippen LogP contribution >= 0.6 is 11.6 Å². The number of benzene rings is 2. The molecule has 17 heavy (non-hydrogen) atoms. The molecule has 3 aromatic rings. The number of nitrogens with zero attached hydrogens (tertiary/aromatic N) is 1. The molecule has 0 radical (unpaired) electrons. The minimum absolute atomic E-state index is 0.737. The van der Waals surface area contributed by atoms with Gasteiger partial charge in [-0.05, 0) is 42.8 Å². The molecule has 84 valence electrons. The van der Waals surface area contributed by atoms with E-state index in [0.717, 1.165) is 27.4 Å². The second-order valence-corrected chi connectivity index (χ2v) is 4.50. The van der Waals surface area contributed by atoms with Gasteiger partial charge in [-0.3, -0.25) is 0 Å². The van der Waals surface area contributed by atoms with Crippen LogP contribution in [-0.4, -0.2) is 9.97 Å². The molecule has 2 nitrogen and oxygen atoms in total. The maximum atomic E-state index is 5.87. The van der Waals surface area contributed by atoms with Crippen molar-refractivity contribution >= 4 is 22.6 Å². The van der Waals surface area contributed by atoms with Gasteiger partial charge in [-0.25, -0.2) is 4.98 Å². The second kappa shape index (κ2) is 3.90. The number of fused-ring (bicyclic) bond motifs is 1. The van der Waals surface area contributed by atoms with E-state index < -0.39 is 0 Å². The fourth-order valence-corrected chi connectivity index (χ4v) is 2.05. The van der Waals surface area contributed by atoms with Gasteiger partial charge >= 0.3 is 0 Å². The molecule has 0 amide bonds. The molecule has 1 aromatic heterocycles. The van der Waals surface area contributed by atoms with Crippen molar-refractivity contribution in [3.05, 3.63) is 53.1 Å². The smallest absolute Gasteiger partial charge is 0.138 e. The molecule has 0 atom stereocenters. The summed E-state index contributed by atoms with van der Waals surface area (Å²) >= 11 is 5.87. The number of aromatic amines is 1. The van der Waals surface area contributed by atoms with Crippen LogP contribution in [0.3, 0.4) is 0 Å². The molecular formula is C14H11ClN2. The number of H-pyrrole nitrogens is 1. The standard InChI is InChI=1S/C14H11ClN2/c1-9-3-2-4-12-13(9)17-14(16-12)10-5-7-11(15)8-6-10/h2-8H,1H3,(H,16,17). The Morgan fingerprint density at radius 1 is 1.06 bits per heavy atom. The highest BCUT2D eigenvalue weighted by atomic mass is 35.5. The van der Waals surface area contributed by atoms with Crippen LogP contribution in [-0.2, 0) is 0 Å². The highest BCUT2D eigenvalue weighted by Gasteiger charge is 2.06. The minimum Gasteiger partial charge on any atom is -0.338 e. The number of hydrogen-bond acceptors (Lipinski definition) is 1. The lowest BCUT2D eigenvalue weighted by Gasteiger charge is -1.95. The average molecular weight is 243 g/mol. The average Bonchev–Trinajstić information content (AvgIpc) is 2.75. The number of hydrogen-bond donors (Lipinski definition) is 1. The first-order valence-electron chi connectivity index (χ1n) is 5.45. The monoisotopic (exact) mass is 242 g/mol. The molecule has 0 aliphatic rings. The van der Waals surface area contributed by atoms with E-state index in [2.05, 4.69) is 23.0 Å². The largest absolute Gasteiger partial charge is 0.338 e. The number of rotatable bonds is 1. The molecule has 1 N–H and O–H groups in total. The van der Waals surface area contributed by atoms with E-state index in [1.54, 1.807) is 0 Å². The molecule has 0 fully saturated rings. The molecule has 3 heteroatoms. The summed E-state index contributed by atoms with van der Waals surface area (Å²) in [5, 5.41) is 0.737. The Morgan fingerprint density at radius 2 is 1.82 bits per heavy atom. The topological polar surface area (TPSA) is 28.7 Å². The summed E-state index contributed by atoms with van der Waals surface area (Å²) < 4.78 is 0. The fraction of sp³-hybridized carbons (Fsp3) is 0.0714. The van der Waals surface area contributed by atoms with Crippen LogP contribution in [0.15, 0.2) is 42.5 Å². The van der Waals surface area contributed by atoms with Crippen molar-refractivity contribution in [2.75, 3.05) is 0 Å². The zero-order valence-electron chi connectivity index (χ0n) is 9.37. The van der Waals surface area contributed by atoms with Crippen molar-refractivity contribution in [2.45, 2.75) is 6.92 Å². The van der Waals surface area contributed by atoms with Crippen molar-refractivity contribution in [2.24, 2.45) is 0 Å². The Labute approximate surface area is 104 Å². The van der Waals surface area contributed by atoms with Crippen LogP contribution in [0, 0.1) is 6.92 Å². The molecular weight excluding hydrogens is 232 g/mol. The van der Waals surface area contributed by atoms with Crippen molar-refractivity contribution in [3.63, 3.8) is 0 Å². The Kier molecular flexibility index (Phi) is 2.37. The SMILES string of the molecule is Cc1cccc2[nH]c(-c3ccc(Cl)cc3)nc12. The summed E-state index contributed by atoms with van der Waals surface area (Å²) in [6.07, 6.45) is 0. The number of aromatic nitrogens is 2. The van der Waals surface area contributed by atoms with Gasteiger partial charge in [-0.1, -0.05) is 23.7 Å². The van der Waals surface area contributed by atoms with E-state index in [1.807, 2.05) is 36.4 Å². The maximum absolute atomic E-state index is 5.87. The maximum Gasteiger partial charge on any atom is 0.138 e. The summed E-state index contributed by atoms with van der Waals surface area (Å²) in [6.45, 7) is 2.06. The molecule has 0 aliphatic heterocycles. The third kappa shape index (κ3) is 1.81. The van der Waals surface area contributed by atoms with Gasteiger partial charge in [0.15, 0.2) is 0 Å². The molecule has 2 aromatic carbocycles. The summed E-state index contributed by atoms with van der Waals surface area (Å²) in [5.74, 6) is 0.881. The van der Waals surface area contributed by atoms with Crippen LogP contribution in [0.5, 0.6) is 0 Å². The summed E-state index contributed by atoms with van der Waals surface area (Å²) in [4.78, 5) is 7.93. The summed E-state index contributed by atoms with van der Waals surface area (Å²) in [5.41, 5.74) is 4.32. The first-order valence-corrected chi connectivity index (χ1v) is 5.83. The zero-order valence-corrected chi connectivity index (χ0v) is 10.1. The highest BCUT2D eigenvalue weighted by Crippen LogP contribution is 2.23. The van der Waals surface area contributed by atoms with Gasteiger partial charge in [0.05, 0.1) is 11.0 Å².